The minimum atomic E-state index is 0.0247. The van der Waals surface area contributed by atoms with Crippen molar-refractivity contribution < 1.29 is 9.59 Å². The van der Waals surface area contributed by atoms with E-state index in [9.17, 15) is 9.59 Å². The van der Waals surface area contributed by atoms with E-state index in [0.717, 1.165) is 10.8 Å². The maximum atomic E-state index is 11.8. The molecule has 0 atom stereocenters. The predicted molar refractivity (Wildman–Crippen MR) is 68.6 cm³/mol. The summed E-state index contributed by atoms with van der Waals surface area (Å²) in [6.45, 7) is 3.39. The molecule has 0 aliphatic heterocycles. The van der Waals surface area contributed by atoms with Crippen molar-refractivity contribution in [3.8, 4) is 0 Å². The van der Waals surface area contributed by atoms with Gasteiger partial charge in [-0.05, 0) is 17.7 Å². The number of benzene rings is 2. The number of carbonyl (C=O) groups is 2. The smallest absolute Gasteiger partial charge is 0.163 e. The van der Waals surface area contributed by atoms with Crippen LogP contribution in [-0.2, 0) is 0 Å². The highest BCUT2D eigenvalue weighted by atomic mass is 16.1. The van der Waals surface area contributed by atoms with Gasteiger partial charge in [0.15, 0.2) is 11.6 Å². The summed E-state index contributed by atoms with van der Waals surface area (Å²) in [6.07, 6.45) is 0.476. The number of ketones is 2. The number of hydrogen-bond acceptors (Lipinski definition) is 2. The molecule has 0 aliphatic rings. The number of hydrogen-bond donors (Lipinski definition) is 0. The zero-order valence-corrected chi connectivity index (χ0v) is 9.99. The molecule has 0 amide bonds. The number of Topliss-reactive ketones (excluding diaryl/α,β-unsaturated/α-hetero) is 2. The Balaban J connectivity index is 2.79. The van der Waals surface area contributed by atoms with Crippen molar-refractivity contribution >= 4 is 22.3 Å². The summed E-state index contributed by atoms with van der Waals surface area (Å²) in [7, 11) is 0. The first kappa shape index (κ1) is 11.5. The summed E-state index contributed by atoms with van der Waals surface area (Å²) in [6, 6.07) is 11.1. The Hall–Kier alpha value is -1.96. The number of carbonyl (C=O) groups excluding carboxylic acids is 2. The van der Waals surface area contributed by atoms with Crippen LogP contribution in [0.1, 0.15) is 41.0 Å². The second-order valence-corrected chi connectivity index (χ2v) is 4.04. The third kappa shape index (κ3) is 1.98. The Labute approximate surface area is 100 Å². The van der Waals surface area contributed by atoms with Crippen molar-refractivity contribution in [3.63, 3.8) is 0 Å². The van der Waals surface area contributed by atoms with Crippen LogP contribution in [0.25, 0.3) is 10.8 Å². The van der Waals surface area contributed by atoms with Crippen molar-refractivity contribution in [2.45, 2.75) is 20.3 Å². The largest absolute Gasteiger partial charge is 0.294 e. The lowest BCUT2D eigenvalue weighted by Crippen LogP contribution is -2.01. The van der Waals surface area contributed by atoms with Gasteiger partial charge in [-0.3, -0.25) is 9.59 Å². The molecule has 0 radical (unpaired) electrons. The highest BCUT2D eigenvalue weighted by Crippen LogP contribution is 2.24. The van der Waals surface area contributed by atoms with Crippen LogP contribution >= 0.6 is 0 Å². The molecule has 0 saturated heterocycles. The van der Waals surface area contributed by atoms with E-state index in [1.807, 2.05) is 31.2 Å². The van der Waals surface area contributed by atoms with Gasteiger partial charge in [0.05, 0.1) is 0 Å². The topological polar surface area (TPSA) is 34.1 Å². The Kier molecular flexibility index (Phi) is 3.05. The van der Waals surface area contributed by atoms with E-state index >= 15 is 0 Å². The lowest BCUT2D eigenvalue weighted by molar-refractivity contribution is 0.0985. The van der Waals surface area contributed by atoms with Crippen LogP contribution in [0.4, 0.5) is 0 Å². The van der Waals surface area contributed by atoms with Gasteiger partial charge in [0, 0.05) is 17.5 Å². The molecule has 86 valence electrons. The standard InChI is InChI=1S/C15H14O2/c1-3-15(17)14-9-8-11(10(2)16)12-6-4-5-7-13(12)14/h4-9H,3H2,1-2H3. The van der Waals surface area contributed by atoms with Gasteiger partial charge >= 0.3 is 0 Å². The fourth-order valence-corrected chi connectivity index (χ4v) is 2.04. The van der Waals surface area contributed by atoms with E-state index in [-0.39, 0.29) is 11.6 Å². The van der Waals surface area contributed by atoms with Gasteiger partial charge in [0.2, 0.25) is 0 Å². The van der Waals surface area contributed by atoms with Gasteiger partial charge in [0.25, 0.3) is 0 Å². The van der Waals surface area contributed by atoms with Crippen LogP contribution < -0.4 is 0 Å². The summed E-state index contributed by atoms with van der Waals surface area (Å²) < 4.78 is 0. The fourth-order valence-electron chi connectivity index (χ4n) is 2.04. The maximum absolute atomic E-state index is 11.8. The summed E-state index contributed by atoms with van der Waals surface area (Å²) in [4.78, 5) is 23.3. The van der Waals surface area contributed by atoms with Crippen molar-refractivity contribution in [1.82, 2.24) is 0 Å². The SMILES string of the molecule is CCC(=O)c1ccc(C(C)=O)c2ccccc12. The lowest BCUT2D eigenvalue weighted by Gasteiger charge is -2.08. The molecule has 2 rings (SSSR count). The van der Waals surface area contributed by atoms with Crippen LogP contribution in [0.3, 0.4) is 0 Å². The molecular weight excluding hydrogens is 212 g/mol. The highest BCUT2D eigenvalue weighted by Gasteiger charge is 2.12. The summed E-state index contributed by atoms with van der Waals surface area (Å²) in [5, 5.41) is 1.73. The molecule has 0 unspecified atom stereocenters. The molecule has 0 N–H and O–H groups in total. The van der Waals surface area contributed by atoms with Gasteiger partial charge in [-0.25, -0.2) is 0 Å². The number of fused-ring (bicyclic) bond motifs is 1. The molecule has 2 aromatic carbocycles. The average molecular weight is 226 g/mol. The first-order chi connectivity index (χ1) is 8.15. The zero-order valence-electron chi connectivity index (χ0n) is 9.99. The molecule has 0 spiro atoms. The molecule has 2 nitrogen and oxygen atoms in total. The average Bonchev–Trinajstić information content (AvgIpc) is 2.36. The van der Waals surface area contributed by atoms with Crippen LogP contribution in [0, 0.1) is 0 Å². The first-order valence-corrected chi connectivity index (χ1v) is 5.71. The lowest BCUT2D eigenvalue weighted by atomic mass is 9.95. The molecule has 0 fully saturated rings. The monoisotopic (exact) mass is 226 g/mol. The second kappa shape index (κ2) is 4.50. The number of rotatable bonds is 3. The van der Waals surface area contributed by atoms with Crippen molar-refractivity contribution in [2.75, 3.05) is 0 Å². The maximum Gasteiger partial charge on any atom is 0.163 e. The van der Waals surface area contributed by atoms with Crippen molar-refractivity contribution in [3.05, 3.63) is 47.5 Å². The van der Waals surface area contributed by atoms with Gasteiger partial charge in [-0.1, -0.05) is 43.3 Å². The Morgan fingerprint density at radius 2 is 1.47 bits per heavy atom. The van der Waals surface area contributed by atoms with E-state index in [4.69, 9.17) is 0 Å². The van der Waals surface area contributed by atoms with Gasteiger partial charge in [-0.2, -0.15) is 0 Å². The molecule has 2 heteroatoms. The minimum Gasteiger partial charge on any atom is -0.294 e. The Bertz CT molecular complexity index is 597. The van der Waals surface area contributed by atoms with Gasteiger partial charge < -0.3 is 0 Å². The minimum absolute atomic E-state index is 0.0247. The quantitative estimate of drug-likeness (QED) is 0.749. The molecule has 0 heterocycles. The molecule has 0 saturated carbocycles. The first-order valence-electron chi connectivity index (χ1n) is 5.71. The molecule has 0 aliphatic carbocycles. The molecule has 0 bridgehead atoms. The zero-order chi connectivity index (χ0) is 12.4. The van der Waals surface area contributed by atoms with E-state index in [0.29, 0.717) is 17.5 Å². The molecule has 2 aromatic rings. The van der Waals surface area contributed by atoms with Gasteiger partial charge in [-0.15, -0.1) is 0 Å². The second-order valence-electron chi connectivity index (χ2n) is 4.04. The normalized spacial score (nSPS) is 10.5. The van der Waals surface area contributed by atoms with Crippen LogP contribution in [0.5, 0.6) is 0 Å². The Morgan fingerprint density at radius 3 is 2.00 bits per heavy atom. The Morgan fingerprint density at radius 1 is 0.941 bits per heavy atom. The van der Waals surface area contributed by atoms with Crippen LogP contribution in [0.2, 0.25) is 0 Å². The van der Waals surface area contributed by atoms with E-state index in [1.165, 1.54) is 0 Å². The van der Waals surface area contributed by atoms with Crippen molar-refractivity contribution in [1.29, 1.82) is 0 Å². The third-order valence-corrected chi connectivity index (χ3v) is 2.92. The highest BCUT2D eigenvalue weighted by molar-refractivity contribution is 6.14. The van der Waals surface area contributed by atoms with Crippen LogP contribution in [-0.4, -0.2) is 11.6 Å². The van der Waals surface area contributed by atoms with E-state index < -0.39 is 0 Å². The van der Waals surface area contributed by atoms with Gasteiger partial charge in [0.1, 0.15) is 0 Å². The summed E-state index contributed by atoms with van der Waals surface area (Å²) >= 11 is 0. The summed E-state index contributed by atoms with van der Waals surface area (Å²) in [5.41, 5.74) is 1.38. The predicted octanol–water partition coefficient (Wildman–Crippen LogP) is 3.64. The van der Waals surface area contributed by atoms with E-state index in [2.05, 4.69) is 0 Å². The molecule has 17 heavy (non-hydrogen) atoms. The molecule has 0 aromatic heterocycles. The van der Waals surface area contributed by atoms with Crippen molar-refractivity contribution in [2.24, 2.45) is 0 Å². The van der Waals surface area contributed by atoms with E-state index in [1.54, 1.807) is 19.1 Å². The molecular formula is C15H14O2. The summed E-state index contributed by atoms with van der Waals surface area (Å²) in [5.74, 6) is 0.132. The third-order valence-electron chi connectivity index (χ3n) is 2.92. The van der Waals surface area contributed by atoms with Crippen LogP contribution in [0.15, 0.2) is 36.4 Å². The fraction of sp³-hybridized carbons (Fsp3) is 0.200.